The highest BCUT2D eigenvalue weighted by Crippen LogP contribution is 2.28. The Labute approximate surface area is 129 Å². The van der Waals surface area contributed by atoms with Crippen molar-refractivity contribution in [3.63, 3.8) is 0 Å². The monoisotopic (exact) mass is 331 g/mol. The Kier molecular flexibility index (Phi) is 4.75. The molecule has 0 spiro atoms. The summed E-state index contributed by atoms with van der Waals surface area (Å²) in [4.78, 5) is 11.2. The van der Waals surface area contributed by atoms with Crippen LogP contribution in [-0.4, -0.2) is 37.8 Å². The summed E-state index contributed by atoms with van der Waals surface area (Å²) in [5.74, 6) is -0.162. The topological polar surface area (TPSA) is 92.5 Å². The van der Waals surface area contributed by atoms with E-state index in [0.29, 0.717) is 18.7 Å². The molecule has 1 fully saturated rings. The van der Waals surface area contributed by atoms with E-state index in [9.17, 15) is 13.2 Å². The van der Waals surface area contributed by atoms with Gasteiger partial charge in [-0.3, -0.25) is 4.79 Å². The van der Waals surface area contributed by atoms with E-state index >= 15 is 0 Å². The van der Waals surface area contributed by atoms with Gasteiger partial charge in [0.2, 0.25) is 15.9 Å². The number of carbonyl (C=O) groups excluding carboxylic acids is 1. The summed E-state index contributed by atoms with van der Waals surface area (Å²) in [6.07, 6.45) is 1.46. The van der Waals surface area contributed by atoms with Crippen molar-refractivity contribution in [2.75, 3.05) is 18.8 Å². The zero-order chi connectivity index (χ0) is 15.6. The standard InChI is InChI=1S/C13H18ClN3O3S/c1-9(18)16-11-3-2-6-17(8-11)21(19,20)13-5-4-10(15)7-12(13)14/h4-5,7,11H,2-3,6,8,15H2,1H3,(H,16,18). The summed E-state index contributed by atoms with van der Waals surface area (Å²) < 4.78 is 26.6. The van der Waals surface area contributed by atoms with E-state index in [1.165, 1.54) is 29.4 Å². The number of sulfonamides is 1. The zero-order valence-electron chi connectivity index (χ0n) is 11.7. The lowest BCUT2D eigenvalue weighted by molar-refractivity contribution is -0.119. The van der Waals surface area contributed by atoms with E-state index < -0.39 is 10.0 Å². The molecule has 1 aliphatic rings. The number of rotatable bonds is 3. The van der Waals surface area contributed by atoms with Crippen molar-refractivity contribution >= 4 is 33.2 Å². The van der Waals surface area contributed by atoms with Crippen LogP contribution in [0, 0.1) is 0 Å². The Bertz CT molecular complexity index is 648. The number of hydrogen-bond donors (Lipinski definition) is 2. The van der Waals surface area contributed by atoms with Crippen LogP contribution in [-0.2, 0) is 14.8 Å². The molecule has 2 rings (SSSR count). The fourth-order valence-corrected chi connectivity index (χ4v) is 4.48. The first-order chi connectivity index (χ1) is 9.80. The average Bonchev–Trinajstić information content (AvgIpc) is 2.37. The lowest BCUT2D eigenvalue weighted by atomic mass is 10.1. The predicted molar refractivity (Wildman–Crippen MR) is 81.5 cm³/mol. The second-order valence-corrected chi connectivity index (χ2v) is 7.41. The van der Waals surface area contributed by atoms with E-state index in [0.717, 1.165) is 6.42 Å². The van der Waals surface area contributed by atoms with Gasteiger partial charge < -0.3 is 11.1 Å². The normalized spacial score (nSPS) is 20.2. The molecule has 1 aliphatic heterocycles. The molecule has 0 aromatic heterocycles. The van der Waals surface area contributed by atoms with Gasteiger partial charge in [0.05, 0.1) is 5.02 Å². The molecule has 1 amide bonds. The first-order valence-electron chi connectivity index (χ1n) is 6.63. The van der Waals surface area contributed by atoms with Crippen LogP contribution in [0.15, 0.2) is 23.1 Å². The van der Waals surface area contributed by atoms with Gasteiger partial charge in [-0.25, -0.2) is 8.42 Å². The molecule has 6 nitrogen and oxygen atoms in total. The van der Waals surface area contributed by atoms with Gasteiger partial charge in [-0.05, 0) is 31.0 Å². The molecule has 1 aromatic carbocycles. The van der Waals surface area contributed by atoms with E-state index in [1.54, 1.807) is 0 Å². The fraction of sp³-hybridized carbons (Fsp3) is 0.462. The van der Waals surface area contributed by atoms with Crippen molar-refractivity contribution < 1.29 is 13.2 Å². The number of benzene rings is 1. The number of nitrogens with zero attached hydrogens (tertiary/aromatic N) is 1. The Hall–Kier alpha value is -1.31. The molecule has 21 heavy (non-hydrogen) atoms. The molecule has 1 saturated heterocycles. The summed E-state index contributed by atoms with van der Waals surface area (Å²) in [6, 6.07) is 4.17. The minimum atomic E-state index is -3.68. The molecular formula is C13H18ClN3O3S. The number of halogens is 1. The zero-order valence-corrected chi connectivity index (χ0v) is 13.2. The highest BCUT2D eigenvalue weighted by Gasteiger charge is 2.31. The van der Waals surface area contributed by atoms with Gasteiger partial charge in [-0.1, -0.05) is 11.6 Å². The lowest BCUT2D eigenvalue weighted by Crippen LogP contribution is -2.49. The summed E-state index contributed by atoms with van der Waals surface area (Å²) in [5.41, 5.74) is 6.00. The van der Waals surface area contributed by atoms with E-state index in [1.807, 2.05) is 0 Å². The van der Waals surface area contributed by atoms with Crippen molar-refractivity contribution in [2.45, 2.75) is 30.7 Å². The molecule has 0 bridgehead atoms. The Morgan fingerprint density at radius 2 is 2.19 bits per heavy atom. The number of hydrogen-bond acceptors (Lipinski definition) is 4. The molecule has 0 aliphatic carbocycles. The Morgan fingerprint density at radius 1 is 1.48 bits per heavy atom. The first-order valence-corrected chi connectivity index (χ1v) is 8.45. The number of nitrogens with two attached hydrogens (primary N) is 1. The molecule has 1 heterocycles. The maximum absolute atomic E-state index is 12.6. The van der Waals surface area contributed by atoms with Gasteiger partial charge in [0.25, 0.3) is 0 Å². The molecule has 3 N–H and O–H groups in total. The second kappa shape index (κ2) is 6.21. The van der Waals surface area contributed by atoms with Crippen LogP contribution in [0.25, 0.3) is 0 Å². The predicted octanol–water partition coefficient (Wildman–Crippen LogP) is 1.21. The van der Waals surface area contributed by atoms with Gasteiger partial charge in [0.15, 0.2) is 0 Å². The Morgan fingerprint density at radius 3 is 2.81 bits per heavy atom. The van der Waals surface area contributed by atoms with Crippen molar-refractivity contribution in [3.8, 4) is 0 Å². The van der Waals surface area contributed by atoms with E-state index in [2.05, 4.69) is 5.32 Å². The maximum atomic E-state index is 12.6. The molecule has 1 atom stereocenters. The third-order valence-corrected chi connectivity index (χ3v) is 5.71. The molecular weight excluding hydrogens is 314 g/mol. The quantitative estimate of drug-likeness (QED) is 0.814. The first kappa shape index (κ1) is 16.1. The van der Waals surface area contributed by atoms with Gasteiger partial charge >= 0.3 is 0 Å². The van der Waals surface area contributed by atoms with Crippen molar-refractivity contribution in [3.05, 3.63) is 23.2 Å². The van der Waals surface area contributed by atoms with E-state index in [-0.39, 0.29) is 28.4 Å². The van der Waals surface area contributed by atoms with Gasteiger partial charge in [-0.15, -0.1) is 0 Å². The van der Waals surface area contributed by atoms with Gasteiger partial charge in [-0.2, -0.15) is 4.31 Å². The molecule has 0 saturated carbocycles. The summed E-state index contributed by atoms with van der Waals surface area (Å²) in [6.45, 7) is 2.09. The number of anilines is 1. The van der Waals surface area contributed by atoms with Crippen LogP contribution < -0.4 is 11.1 Å². The second-order valence-electron chi connectivity index (χ2n) is 5.09. The minimum absolute atomic E-state index is 0.0434. The van der Waals surface area contributed by atoms with Crippen LogP contribution >= 0.6 is 11.6 Å². The highest BCUT2D eigenvalue weighted by atomic mass is 35.5. The smallest absolute Gasteiger partial charge is 0.244 e. The van der Waals surface area contributed by atoms with Crippen LogP contribution in [0.1, 0.15) is 19.8 Å². The highest BCUT2D eigenvalue weighted by molar-refractivity contribution is 7.89. The van der Waals surface area contributed by atoms with Crippen LogP contribution in [0.5, 0.6) is 0 Å². The van der Waals surface area contributed by atoms with Crippen molar-refractivity contribution in [1.82, 2.24) is 9.62 Å². The van der Waals surface area contributed by atoms with Gasteiger partial charge in [0.1, 0.15) is 4.90 Å². The molecule has 1 unspecified atom stereocenters. The van der Waals surface area contributed by atoms with Crippen molar-refractivity contribution in [2.24, 2.45) is 0 Å². The average molecular weight is 332 g/mol. The maximum Gasteiger partial charge on any atom is 0.244 e. The molecule has 1 aromatic rings. The van der Waals surface area contributed by atoms with Crippen LogP contribution in [0.3, 0.4) is 0 Å². The number of amides is 1. The molecule has 8 heteroatoms. The summed E-state index contributed by atoms with van der Waals surface area (Å²) in [7, 11) is -3.68. The molecule has 0 radical (unpaired) electrons. The number of nitrogens with one attached hydrogen (secondary N) is 1. The van der Waals surface area contributed by atoms with E-state index in [4.69, 9.17) is 17.3 Å². The van der Waals surface area contributed by atoms with Crippen LogP contribution in [0.2, 0.25) is 5.02 Å². The van der Waals surface area contributed by atoms with Gasteiger partial charge in [0, 0.05) is 31.7 Å². The minimum Gasteiger partial charge on any atom is -0.399 e. The molecule has 116 valence electrons. The summed E-state index contributed by atoms with van der Waals surface area (Å²) in [5, 5.41) is 2.87. The third kappa shape index (κ3) is 3.66. The number of carbonyl (C=O) groups is 1. The fourth-order valence-electron chi connectivity index (χ4n) is 2.43. The lowest BCUT2D eigenvalue weighted by Gasteiger charge is -2.32. The largest absolute Gasteiger partial charge is 0.399 e. The van der Waals surface area contributed by atoms with Crippen LogP contribution in [0.4, 0.5) is 5.69 Å². The SMILES string of the molecule is CC(=O)NC1CCCN(S(=O)(=O)c2ccc(N)cc2Cl)C1. The number of nitrogen functional groups attached to an aromatic ring is 1. The van der Waals surface area contributed by atoms with Crippen molar-refractivity contribution in [1.29, 1.82) is 0 Å². The number of piperidine rings is 1. The Balaban J connectivity index is 2.24. The summed E-state index contributed by atoms with van der Waals surface area (Å²) >= 11 is 6.00. The third-order valence-electron chi connectivity index (χ3n) is 3.37.